The Morgan fingerprint density at radius 1 is 0.935 bits per heavy atom. The van der Waals surface area contributed by atoms with Gasteiger partial charge in [0.15, 0.2) is 0 Å². The standard InChI is InChI=1S/C25H21Cl2N3O/c26-20-9-6-10-21(27)19(20)17-30-23-12-5-4-11-22(23)29-24(30)15-16-28-25(31)14-13-18-7-2-1-3-8-18/h1-14H,15-17H2,(H,28,31)/b14-13+. The zero-order valence-electron chi connectivity index (χ0n) is 16.8. The Balaban J connectivity index is 1.49. The van der Waals surface area contributed by atoms with Crippen molar-refractivity contribution in [3.05, 3.63) is 106 Å². The lowest BCUT2D eigenvalue weighted by atomic mass is 10.2. The highest BCUT2D eigenvalue weighted by Gasteiger charge is 2.14. The number of nitrogens with one attached hydrogen (secondary N) is 1. The molecule has 4 nitrogen and oxygen atoms in total. The van der Waals surface area contributed by atoms with Gasteiger partial charge in [-0.2, -0.15) is 0 Å². The SMILES string of the molecule is O=C(/C=C/c1ccccc1)NCCc1nc2ccccc2n1Cc1c(Cl)cccc1Cl. The van der Waals surface area contributed by atoms with Crippen LogP contribution >= 0.6 is 23.2 Å². The van der Waals surface area contributed by atoms with E-state index in [9.17, 15) is 4.79 Å². The number of carbonyl (C=O) groups excluding carboxylic acids is 1. The lowest BCUT2D eigenvalue weighted by molar-refractivity contribution is -0.116. The minimum Gasteiger partial charge on any atom is -0.352 e. The van der Waals surface area contributed by atoms with E-state index < -0.39 is 0 Å². The normalized spacial score (nSPS) is 11.3. The van der Waals surface area contributed by atoms with Crippen molar-refractivity contribution in [3.8, 4) is 0 Å². The fraction of sp³-hybridized carbons (Fsp3) is 0.120. The molecular weight excluding hydrogens is 429 g/mol. The predicted molar refractivity (Wildman–Crippen MR) is 127 cm³/mol. The van der Waals surface area contributed by atoms with E-state index in [1.807, 2.05) is 72.8 Å². The van der Waals surface area contributed by atoms with Crippen LogP contribution in [0.1, 0.15) is 17.0 Å². The average Bonchev–Trinajstić information content (AvgIpc) is 3.13. The maximum atomic E-state index is 12.2. The molecule has 4 rings (SSSR count). The third-order valence-corrected chi connectivity index (χ3v) is 5.69. The molecule has 1 aromatic heterocycles. The van der Waals surface area contributed by atoms with Crippen molar-refractivity contribution in [1.82, 2.24) is 14.9 Å². The zero-order valence-corrected chi connectivity index (χ0v) is 18.3. The molecule has 0 bridgehead atoms. The van der Waals surface area contributed by atoms with Gasteiger partial charge in [-0.25, -0.2) is 4.98 Å². The highest BCUT2D eigenvalue weighted by Crippen LogP contribution is 2.27. The molecule has 0 spiro atoms. The molecule has 0 atom stereocenters. The van der Waals surface area contributed by atoms with Crippen molar-refractivity contribution < 1.29 is 4.79 Å². The number of para-hydroxylation sites is 2. The van der Waals surface area contributed by atoms with Crippen LogP contribution in [-0.4, -0.2) is 22.0 Å². The number of carbonyl (C=O) groups is 1. The maximum absolute atomic E-state index is 12.2. The summed E-state index contributed by atoms with van der Waals surface area (Å²) >= 11 is 12.8. The maximum Gasteiger partial charge on any atom is 0.244 e. The summed E-state index contributed by atoms with van der Waals surface area (Å²) in [6.07, 6.45) is 3.92. The minimum absolute atomic E-state index is 0.138. The molecule has 1 amide bonds. The van der Waals surface area contributed by atoms with Gasteiger partial charge in [-0.05, 0) is 35.9 Å². The number of amides is 1. The third-order valence-electron chi connectivity index (χ3n) is 4.99. The van der Waals surface area contributed by atoms with Crippen LogP contribution < -0.4 is 5.32 Å². The van der Waals surface area contributed by atoms with Gasteiger partial charge >= 0.3 is 0 Å². The number of halogens is 2. The molecule has 1 N–H and O–H groups in total. The Bertz CT molecular complexity index is 1210. The average molecular weight is 450 g/mol. The highest BCUT2D eigenvalue weighted by molar-refractivity contribution is 6.36. The molecule has 1 heterocycles. The number of nitrogens with zero attached hydrogens (tertiary/aromatic N) is 2. The van der Waals surface area contributed by atoms with E-state index in [2.05, 4.69) is 9.88 Å². The summed E-state index contributed by atoms with van der Waals surface area (Å²) in [5.41, 5.74) is 3.74. The number of rotatable bonds is 7. The molecule has 3 aromatic carbocycles. The summed E-state index contributed by atoms with van der Waals surface area (Å²) in [4.78, 5) is 17.0. The molecule has 0 saturated carbocycles. The molecule has 0 saturated heterocycles. The fourth-order valence-electron chi connectivity index (χ4n) is 3.43. The van der Waals surface area contributed by atoms with Gasteiger partial charge in [0.25, 0.3) is 0 Å². The lowest BCUT2D eigenvalue weighted by Crippen LogP contribution is -2.24. The van der Waals surface area contributed by atoms with Gasteiger partial charge < -0.3 is 9.88 Å². The Morgan fingerprint density at radius 2 is 1.65 bits per heavy atom. The van der Waals surface area contributed by atoms with Gasteiger partial charge in [0, 0.05) is 34.7 Å². The molecule has 0 aliphatic carbocycles. The first-order valence-electron chi connectivity index (χ1n) is 10.00. The monoisotopic (exact) mass is 449 g/mol. The highest BCUT2D eigenvalue weighted by atomic mass is 35.5. The van der Waals surface area contributed by atoms with E-state index >= 15 is 0 Å². The van der Waals surface area contributed by atoms with Crippen molar-refractivity contribution >= 4 is 46.2 Å². The molecule has 0 radical (unpaired) electrons. The van der Waals surface area contributed by atoms with Crippen molar-refractivity contribution in [2.24, 2.45) is 0 Å². The van der Waals surface area contributed by atoms with Crippen molar-refractivity contribution in [2.75, 3.05) is 6.54 Å². The van der Waals surface area contributed by atoms with Gasteiger partial charge in [0.1, 0.15) is 5.82 Å². The number of imidazole rings is 1. The first-order chi connectivity index (χ1) is 15.1. The molecule has 0 aliphatic rings. The van der Waals surface area contributed by atoms with Crippen LogP contribution in [0.3, 0.4) is 0 Å². The second-order valence-corrected chi connectivity index (χ2v) is 7.90. The molecule has 0 unspecified atom stereocenters. The van der Waals surface area contributed by atoms with E-state index in [0.29, 0.717) is 29.6 Å². The van der Waals surface area contributed by atoms with E-state index in [-0.39, 0.29) is 5.91 Å². The Morgan fingerprint density at radius 3 is 2.42 bits per heavy atom. The van der Waals surface area contributed by atoms with Crippen LogP contribution in [0, 0.1) is 0 Å². The smallest absolute Gasteiger partial charge is 0.244 e. The topological polar surface area (TPSA) is 46.9 Å². The molecule has 0 aliphatic heterocycles. The van der Waals surface area contributed by atoms with E-state index in [1.54, 1.807) is 12.2 Å². The van der Waals surface area contributed by atoms with E-state index in [1.165, 1.54) is 0 Å². The minimum atomic E-state index is -0.138. The van der Waals surface area contributed by atoms with Crippen molar-refractivity contribution in [3.63, 3.8) is 0 Å². The first-order valence-corrected chi connectivity index (χ1v) is 10.8. The molecule has 0 fully saturated rings. The summed E-state index contributed by atoms with van der Waals surface area (Å²) in [7, 11) is 0. The second-order valence-electron chi connectivity index (χ2n) is 7.09. The Hall–Kier alpha value is -3.08. The quantitative estimate of drug-likeness (QED) is 0.364. The number of hydrogen-bond donors (Lipinski definition) is 1. The number of aromatic nitrogens is 2. The summed E-state index contributed by atoms with van der Waals surface area (Å²) < 4.78 is 2.11. The van der Waals surface area contributed by atoms with E-state index in [4.69, 9.17) is 28.2 Å². The second kappa shape index (κ2) is 9.82. The molecule has 6 heteroatoms. The van der Waals surface area contributed by atoms with Gasteiger partial charge in [-0.1, -0.05) is 71.7 Å². The van der Waals surface area contributed by atoms with Crippen LogP contribution in [0.4, 0.5) is 0 Å². The fourth-order valence-corrected chi connectivity index (χ4v) is 3.94. The third kappa shape index (κ3) is 5.16. The molecular formula is C25H21Cl2N3O. The van der Waals surface area contributed by atoms with Crippen LogP contribution in [-0.2, 0) is 17.8 Å². The molecule has 156 valence electrons. The van der Waals surface area contributed by atoms with Crippen LogP contribution in [0.5, 0.6) is 0 Å². The Kier molecular flexibility index (Phi) is 6.70. The molecule has 4 aromatic rings. The van der Waals surface area contributed by atoms with Gasteiger partial charge in [0.05, 0.1) is 17.6 Å². The molecule has 31 heavy (non-hydrogen) atoms. The van der Waals surface area contributed by atoms with E-state index in [0.717, 1.165) is 28.0 Å². The predicted octanol–water partition coefficient (Wildman–Crippen LogP) is 5.76. The van der Waals surface area contributed by atoms with Crippen molar-refractivity contribution in [1.29, 1.82) is 0 Å². The van der Waals surface area contributed by atoms with Crippen LogP contribution in [0.25, 0.3) is 17.1 Å². The lowest BCUT2D eigenvalue weighted by Gasteiger charge is -2.12. The summed E-state index contributed by atoms with van der Waals surface area (Å²) in [6.45, 7) is 0.980. The number of fused-ring (bicyclic) bond motifs is 1. The van der Waals surface area contributed by atoms with Gasteiger partial charge in [-0.15, -0.1) is 0 Å². The summed E-state index contributed by atoms with van der Waals surface area (Å²) in [5, 5.41) is 4.17. The van der Waals surface area contributed by atoms with Crippen LogP contribution in [0.2, 0.25) is 10.0 Å². The zero-order chi connectivity index (χ0) is 21.6. The summed E-state index contributed by atoms with van der Waals surface area (Å²) in [6, 6.07) is 23.2. The van der Waals surface area contributed by atoms with Crippen LogP contribution in [0.15, 0.2) is 78.9 Å². The largest absolute Gasteiger partial charge is 0.352 e. The number of benzene rings is 3. The number of hydrogen-bond acceptors (Lipinski definition) is 2. The Labute approximate surface area is 191 Å². The van der Waals surface area contributed by atoms with Gasteiger partial charge in [0.2, 0.25) is 5.91 Å². The first kappa shape index (κ1) is 21.2. The summed E-state index contributed by atoms with van der Waals surface area (Å²) in [5.74, 6) is 0.727. The van der Waals surface area contributed by atoms with Crippen molar-refractivity contribution in [2.45, 2.75) is 13.0 Å². The van der Waals surface area contributed by atoms with Gasteiger partial charge in [-0.3, -0.25) is 4.79 Å².